The fourth-order valence-electron chi connectivity index (χ4n) is 2.57. The molecule has 3 rings (SSSR count). The van der Waals surface area contributed by atoms with E-state index in [2.05, 4.69) is 58.9 Å². The number of aromatic nitrogens is 2. The maximum Gasteiger partial charge on any atom is 0.233 e. The third-order valence-corrected chi connectivity index (χ3v) is 6.39. The van der Waals surface area contributed by atoms with Gasteiger partial charge in [-0.05, 0) is 56.0 Å². The Balaban J connectivity index is 1.48. The standard InChI is InChI=1S/C21H24N4OS2/c1-14-9-10-18(13-15(14)2)23-20-24-25-21(28-20)27-16(3)19(26)22-12-11-17-7-5-4-6-8-17/h4-10,13,16H,11-12H2,1-3H3,(H,22,26)(H,23,24). The average Bonchev–Trinajstić information content (AvgIpc) is 3.12. The van der Waals surface area contributed by atoms with Crippen LogP contribution in [0.3, 0.4) is 0 Å². The van der Waals surface area contributed by atoms with E-state index in [-0.39, 0.29) is 11.2 Å². The van der Waals surface area contributed by atoms with E-state index in [0.717, 1.165) is 21.6 Å². The number of amides is 1. The summed E-state index contributed by atoms with van der Waals surface area (Å²) >= 11 is 2.88. The number of nitrogens with zero attached hydrogens (tertiary/aromatic N) is 2. The van der Waals surface area contributed by atoms with Crippen molar-refractivity contribution in [2.24, 2.45) is 0 Å². The van der Waals surface area contributed by atoms with Crippen molar-refractivity contribution in [2.75, 3.05) is 11.9 Å². The Bertz CT molecular complexity index is 927. The second kappa shape index (κ2) is 9.71. The van der Waals surface area contributed by atoms with E-state index in [1.807, 2.05) is 31.2 Å². The van der Waals surface area contributed by atoms with Crippen LogP contribution < -0.4 is 10.6 Å². The maximum absolute atomic E-state index is 12.3. The van der Waals surface area contributed by atoms with Gasteiger partial charge in [0.25, 0.3) is 0 Å². The molecule has 1 amide bonds. The van der Waals surface area contributed by atoms with Gasteiger partial charge in [0.2, 0.25) is 11.0 Å². The predicted molar refractivity (Wildman–Crippen MR) is 118 cm³/mol. The average molecular weight is 413 g/mol. The zero-order valence-electron chi connectivity index (χ0n) is 16.2. The molecule has 0 fully saturated rings. The van der Waals surface area contributed by atoms with E-state index in [1.165, 1.54) is 39.8 Å². The summed E-state index contributed by atoms with van der Waals surface area (Å²) < 4.78 is 0.775. The fraction of sp³-hybridized carbons (Fsp3) is 0.286. The topological polar surface area (TPSA) is 66.9 Å². The summed E-state index contributed by atoms with van der Waals surface area (Å²) in [5.74, 6) is 0.0137. The van der Waals surface area contributed by atoms with Gasteiger partial charge >= 0.3 is 0 Å². The van der Waals surface area contributed by atoms with Gasteiger partial charge in [-0.25, -0.2) is 0 Å². The molecule has 28 heavy (non-hydrogen) atoms. The van der Waals surface area contributed by atoms with Crippen molar-refractivity contribution in [3.63, 3.8) is 0 Å². The van der Waals surface area contributed by atoms with Crippen LogP contribution in [-0.4, -0.2) is 27.9 Å². The molecule has 0 bridgehead atoms. The second-order valence-electron chi connectivity index (χ2n) is 6.58. The van der Waals surface area contributed by atoms with Gasteiger partial charge in [-0.2, -0.15) is 0 Å². The number of aryl methyl sites for hydroxylation is 2. The van der Waals surface area contributed by atoms with Crippen molar-refractivity contribution in [3.05, 3.63) is 65.2 Å². The lowest BCUT2D eigenvalue weighted by Gasteiger charge is -2.10. The van der Waals surface area contributed by atoms with Gasteiger partial charge in [-0.1, -0.05) is 59.5 Å². The zero-order chi connectivity index (χ0) is 19.9. The summed E-state index contributed by atoms with van der Waals surface area (Å²) in [6, 6.07) is 16.3. The van der Waals surface area contributed by atoms with Gasteiger partial charge < -0.3 is 10.6 Å². The summed E-state index contributed by atoms with van der Waals surface area (Å²) in [6.45, 7) is 6.69. The van der Waals surface area contributed by atoms with Crippen LogP contribution in [0.1, 0.15) is 23.6 Å². The molecule has 7 heteroatoms. The van der Waals surface area contributed by atoms with Gasteiger partial charge in [-0.15, -0.1) is 10.2 Å². The number of carbonyl (C=O) groups is 1. The van der Waals surface area contributed by atoms with Gasteiger partial charge in [0.05, 0.1) is 5.25 Å². The van der Waals surface area contributed by atoms with Crippen molar-refractivity contribution in [1.29, 1.82) is 0 Å². The molecular formula is C21H24N4OS2. The molecule has 2 N–H and O–H groups in total. The van der Waals surface area contributed by atoms with Gasteiger partial charge in [0.15, 0.2) is 4.34 Å². The van der Waals surface area contributed by atoms with E-state index < -0.39 is 0 Å². The number of rotatable bonds is 8. The van der Waals surface area contributed by atoms with Gasteiger partial charge in [0.1, 0.15) is 0 Å². The first-order valence-electron chi connectivity index (χ1n) is 9.17. The summed E-state index contributed by atoms with van der Waals surface area (Å²) in [6.07, 6.45) is 0.826. The normalized spacial score (nSPS) is 11.8. The molecule has 2 aromatic carbocycles. The molecule has 1 atom stereocenters. The van der Waals surface area contributed by atoms with Crippen LogP contribution in [0.2, 0.25) is 0 Å². The lowest BCUT2D eigenvalue weighted by molar-refractivity contribution is -0.120. The van der Waals surface area contributed by atoms with Gasteiger partial charge in [-0.3, -0.25) is 4.79 Å². The number of thioether (sulfide) groups is 1. The molecule has 0 radical (unpaired) electrons. The zero-order valence-corrected chi connectivity index (χ0v) is 17.9. The number of benzene rings is 2. The molecule has 5 nitrogen and oxygen atoms in total. The first-order valence-corrected chi connectivity index (χ1v) is 10.9. The molecule has 0 saturated heterocycles. The number of nitrogens with one attached hydrogen (secondary N) is 2. The minimum atomic E-state index is -0.224. The SMILES string of the molecule is Cc1ccc(Nc2nnc(SC(C)C(=O)NCCc3ccccc3)s2)cc1C. The Hall–Kier alpha value is -2.38. The lowest BCUT2D eigenvalue weighted by atomic mass is 10.1. The smallest absolute Gasteiger partial charge is 0.233 e. The third-order valence-electron chi connectivity index (χ3n) is 4.37. The van der Waals surface area contributed by atoms with Crippen LogP contribution >= 0.6 is 23.1 Å². The van der Waals surface area contributed by atoms with Crippen molar-refractivity contribution in [3.8, 4) is 0 Å². The van der Waals surface area contributed by atoms with Crippen molar-refractivity contribution >= 4 is 39.8 Å². The molecule has 1 unspecified atom stereocenters. The third kappa shape index (κ3) is 5.81. The Kier molecular flexibility index (Phi) is 7.06. The minimum Gasteiger partial charge on any atom is -0.355 e. The molecule has 0 saturated carbocycles. The summed E-state index contributed by atoms with van der Waals surface area (Å²) in [7, 11) is 0. The molecule has 0 aliphatic heterocycles. The molecule has 0 aliphatic rings. The van der Waals surface area contributed by atoms with Crippen LogP contribution in [0.25, 0.3) is 0 Å². The van der Waals surface area contributed by atoms with Crippen LogP contribution in [-0.2, 0) is 11.2 Å². The maximum atomic E-state index is 12.3. The van der Waals surface area contributed by atoms with Crippen LogP contribution in [0, 0.1) is 13.8 Å². The number of hydrogen-bond donors (Lipinski definition) is 2. The highest BCUT2D eigenvalue weighted by Crippen LogP contribution is 2.30. The molecule has 146 valence electrons. The summed E-state index contributed by atoms with van der Waals surface area (Å²) in [4.78, 5) is 12.3. The van der Waals surface area contributed by atoms with Crippen LogP contribution in [0.5, 0.6) is 0 Å². The van der Waals surface area contributed by atoms with Crippen molar-refractivity contribution < 1.29 is 4.79 Å². The van der Waals surface area contributed by atoms with E-state index in [1.54, 1.807) is 0 Å². The molecule has 1 heterocycles. The highest BCUT2D eigenvalue weighted by Gasteiger charge is 2.17. The van der Waals surface area contributed by atoms with Crippen molar-refractivity contribution in [2.45, 2.75) is 36.8 Å². The van der Waals surface area contributed by atoms with E-state index in [0.29, 0.717) is 6.54 Å². The quantitative estimate of drug-likeness (QED) is 0.523. The summed E-state index contributed by atoms with van der Waals surface area (Å²) in [5, 5.41) is 15.1. The molecule has 1 aromatic heterocycles. The predicted octanol–water partition coefficient (Wildman–Crippen LogP) is 4.74. The first kappa shape index (κ1) is 20.4. The van der Waals surface area contributed by atoms with Crippen LogP contribution in [0.4, 0.5) is 10.8 Å². The monoisotopic (exact) mass is 412 g/mol. The fourth-order valence-corrected chi connectivity index (χ4v) is 4.51. The molecule has 0 aliphatic carbocycles. The number of anilines is 2. The molecular weight excluding hydrogens is 388 g/mol. The highest BCUT2D eigenvalue weighted by molar-refractivity contribution is 8.02. The highest BCUT2D eigenvalue weighted by atomic mass is 32.2. The largest absolute Gasteiger partial charge is 0.355 e. The molecule has 0 spiro atoms. The van der Waals surface area contributed by atoms with E-state index >= 15 is 0 Å². The van der Waals surface area contributed by atoms with E-state index in [4.69, 9.17) is 0 Å². The first-order chi connectivity index (χ1) is 13.5. The lowest BCUT2D eigenvalue weighted by Crippen LogP contribution is -2.32. The summed E-state index contributed by atoms with van der Waals surface area (Å²) in [5.41, 5.74) is 4.69. The Labute approximate surface area is 174 Å². The Morgan fingerprint density at radius 1 is 1.11 bits per heavy atom. The number of hydrogen-bond acceptors (Lipinski definition) is 6. The Morgan fingerprint density at radius 3 is 2.64 bits per heavy atom. The molecule has 3 aromatic rings. The Morgan fingerprint density at radius 2 is 1.89 bits per heavy atom. The second-order valence-corrected chi connectivity index (χ2v) is 9.15. The van der Waals surface area contributed by atoms with Gasteiger partial charge in [0, 0.05) is 12.2 Å². The van der Waals surface area contributed by atoms with Crippen molar-refractivity contribution in [1.82, 2.24) is 15.5 Å². The number of carbonyl (C=O) groups excluding carboxylic acids is 1. The van der Waals surface area contributed by atoms with Crippen LogP contribution in [0.15, 0.2) is 52.9 Å². The van der Waals surface area contributed by atoms with E-state index in [9.17, 15) is 4.79 Å². The minimum absolute atomic E-state index is 0.0137.